The molecular formula is C22H26N10O3. The highest BCUT2D eigenvalue weighted by molar-refractivity contribution is 6.00. The minimum Gasteiger partial charge on any atom is -0.363 e. The first-order valence-corrected chi connectivity index (χ1v) is 11.4. The monoisotopic (exact) mass is 478 g/mol. The summed E-state index contributed by atoms with van der Waals surface area (Å²) in [4.78, 5) is 38.2. The summed E-state index contributed by atoms with van der Waals surface area (Å²) in [5.41, 5.74) is 5.94. The third-order valence-corrected chi connectivity index (χ3v) is 6.02. The van der Waals surface area contributed by atoms with Crippen LogP contribution in [-0.2, 0) is 16.7 Å². The Labute approximate surface area is 201 Å². The van der Waals surface area contributed by atoms with E-state index in [4.69, 9.17) is 4.84 Å². The number of aryl methyl sites for hydroxylation is 1. The predicted molar refractivity (Wildman–Crippen MR) is 127 cm³/mol. The minimum absolute atomic E-state index is 0.00558. The molecule has 0 spiro atoms. The molecule has 0 radical (unpaired) electrons. The van der Waals surface area contributed by atoms with Crippen molar-refractivity contribution in [3.8, 4) is 11.3 Å². The highest BCUT2D eigenvalue weighted by Crippen LogP contribution is 2.45. The van der Waals surface area contributed by atoms with Crippen molar-refractivity contribution in [3.05, 3.63) is 29.7 Å². The average molecular weight is 479 g/mol. The SMILES string of the molecule is CCONC(=O)c1nnc(NC(=O)C2CC2)cc1Nc1nccc2c1N(C)[C@@H](C)c1nn(C)nc1-2. The quantitative estimate of drug-likeness (QED) is 0.430. The van der Waals surface area contributed by atoms with Gasteiger partial charge in [-0.15, -0.1) is 10.2 Å². The average Bonchev–Trinajstić information content (AvgIpc) is 3.62. The van der Waals surface area contributed by atoms with Crippen molar-refractivity contribution in [1.29, 1.82) is 0 Å². The summed E-state index contributed by atoms with van der Waals surface area (Å²) < 4.78 is 0. The number of fused-ring (bicyclic) bond motifs is 3. The standard InChI is InChI=1S/C22H26N10O3/c1-5-35-30-22(34)18-14(10-15(26-27-18)25-21(33)12-6-7-12)24-20-19-13(8-9-23-20)17-16(11(2)31(19)3)28-32(4)29-17/h8-12H,5-7H2,1-4H3,(H,30,34)(H2,23,24,25,26,33)/t11-/m0/s1. The van der Waals surface area contributed by atoms with Crippen LogP contribution in [0.5, 0.6) is 0 Å². The van der Waals surface area contributed by atoms with Crippen molar-refractivity contribution in [3.63, 3.8) is 0 Å². The van der Waals surface area contributed by atoms with Crippen LogP contribution in [0.15, 0.2) is 18.3 Å². The molecule has 0 saturated heterocycles. The lowest BCUT2D eigenvalue weighted by Crippen LogP contribution is -2.28. The second kappa shape index (κ2) is 8.91. The van der Waals surface area contributed by atoms with Gasteiger partial charge in [0.1, 0.15) is 11.4 Å². The molecule has 182 valence electrons. The number of carbonyl (C=O) groups is 2. The Morgan fingerprint density at radius 3 is 2.74 bits per heavy atom. The van der Waals surface area contributed by atoms with Crippen molar-refractivity contribution in [2.24, 2.45) is 13.0 Å². The van der Waals surface area contributed by atoms with Crippen LogP contribution in [0.3, 0.4) is 0 Å². The molecule has 0 bridgehead atoms. The van der Waals surface area contributed by atoms with Gasteiger partial charge in [-0.2, -0.15) is 15.0 Å². The maximum Gasteiger partial charge on any atom is 0.297 e. The summed E-state index contributed by atoms with van der Waals surface area (Å²) >= 11 is 0. The van der Waals surface area contributed by atoms with Gasteiger partial charge in [0, 0.05) is 37.8 Å². The zero-order chi connectivity index (χ0) is 24.7. The number of aromatic nitrogens is 6. The van der Waals surface area contributed by atoms with E-state index in [0.29, 0.717) is 11.5 Å². The van der Waals surface area contributed by atoms with E-state index in [1.54, 1.807) is 31.0 Å². The van der Waals surface area contributed by atoms with Gasteiger partial charge in [-0.1, -0.05) is 0 Å². The molecule has 1 aliphatic heterocycles. The molecule has 3 N–H and O–H groups in total. The molecule has 1 atom stereocenters. The highest BCUT2D eigenvalue weighted by atomic mass is 16.6. The zero-order valence-electron chi connectivity index (χ0n) is 19.9. The number of carbonyl (C=O) groups excluding carboxylic acids is 2. The van der Waals surface area contributed by atoms with E-state index in [2.05, 4.69) is 41.5 Å². The largest absolute Gasteiger partial charge is 0.363 e. The summed E-state index contributed by atoms with van der Waals surface area (Å²) in [6, 6.07) is 3.39. The van der Waals surface area contributed by atoms with E-state index in [9.17, 15) is 9.59 Å². The number of nitrogens with one attached hydrogen (secondary N) is 3. The lowest BCUT2D eigenvalue weighted by Gasteiger charge is -2.33. The molecule has 3 aromatic rings. The van der Waals surface area contributed by atoms with E-state index in [1.807, 2.05) is 24.9 Å². The Hall–Kier alpha value is -4.13. The van der Waals surface area contributed by atoms with Crippen LogP contribution in [0.1, 0.15) is 48.9 Å². The lowest BCUT2D eigenvalue weighted by molar-refractivity contribution is -0.117. The first-order chi connectivity index (χ1) is 16.9. The molecule has 13 nitrogen and oxygen atoms in total. The maximum atomic E-state index is 12.7. The number of hydrogen-bond acceptors (Lipinski definition) is 10. The smallest absolute Gasteiger partial charge is 0.297 e. The van der Waals surface area contributed by atoms with Crippen LogP contribution in [0.2, 0.25) is 0 Å². The molecular weight excluding hydrogens is 452 g/mol. The fourth-order valence-corrected chi connectivity index (χ4v) is 3.97. The van der Waals surface area contributed by atoms with E-state index < -0.39 is 5.91 Å². The van der Waals surface area contributed by atoms with Crippen molar-refractivity contribution < 1.29 is 14.4 Å². The third-order valence-electron chi connectivity index (χ3n) is 6.02. The Morgan fingerprint density at radius 2 is 2.00 bits per heavy atom. The number of anilines is 4. The van der Waals surface area contributed by atoms with Gasteiger partial charge >= 0.3 is 0 Å². The fraction of sp³-hybridized carbons (Fsp3) is 0.409. The Balaban J connectivity index is 1.55. The van der Waals surface area contributed by atoms with Gasteiger partial charge in [-0.25, -0.2) is 10.5 Å². The highest BCUT2D eigenvalue weighted by Gasteiger charge is 2.33. The summed E-state index contributed by atoms with van der Waals surface area (Å²) in [5.74, 6) is 0.0276. The normalized spacial score (nSPS) is 16.3. The summed E-state index contributed by atoms with van der Waals surface area (Å²) in [7, 11) is 3.73. The Kier molecular flexibility index (Phi) is 5.76. The molecule has 3 aromatic heterocycles. The molecule has 0 aromatic carbocycles. The van der Waals surface area contributed by atoms with Crippen LogP contribution in [0.4, 0.5) is 23.0 Å². The van der Waals surface area contributed by atoms with Crippen LogP contribution in [0, 0.1) is 5.92 Å². The minimum atomic E-state index is -0.579. The third kappa shape index (κ3) is 4.25. The topological polar surface area (TPSA) is 152 Å². The molecule has 4 heterocycles. The van der Waals surface area contributed by atoms with Crippen molar-refractivity contribution in [1.82, 2.24) is 35.7 Å². The first kappa shape index (κ1) is 22.7. The fourth-order valence-electron chi connectivity index (χ4n) is 3.97. The number of nitrogens with zero attached hydrogens (tertiary/aromatic N) is 7. The summed E-state index contributed by atoms with van der Waals surface area (Å²) in [5, 5.41) is 23.1. The molecule has 2 aliphatic rings. The number of hydroxylamine groups is 1. The van der Waals surface area contributed by atoms with Gasteiger partial charge < -0.3 is 15.5 Å². The van der Waals surface area contributed by atoms with Gasteiger partial charge in [0.15, 0.2) is 17.3 Å². The number of amides is 2. The predicted octanol–water partition coefficient (Wildman–Crippen LogP) is 1.95. The Morgan fingerprint density at radius 1 is 1.20 bits per heavy atom. The van der Waals surface area contributed by atoms with Crippen molar-refractivity contribution >= 4 is 34.8 Å². The van der Waals surface area contributed by atoms with Crippen molar-refractivity contribution in [2.45, 2.75) is 32.7 Å². The van der Waals surface area contributed by atoms with Crippen LogP contribution < -0.4 is 21.0 Å². The van der Waals surface area contributed by atoms with Crippen LogP contribution in [0.25, 0.3) is 11.3 Å². The second-order valence-electron chi connectivity index (χ2n) is 8.51. The molecule has 5 rings (SSSR count). The molecule has 2 amide bonds. The number of rotatable bonds is 7. The lowest BCUT2D eigenvalue weighted by atomic mass is 9.99. The molecule has 35 heavy (non-hydrogen) atoms. The van der Waals surface area contributed by atoms with Gasteiger partial charge in [0.05, 0.1) is 24.0 Å². The molecule has 0 unspecified atom stereocenters. The first-order valence-electron chi connectivity index (χ1n) is 11.4. The van der Waals surface area contributed by atoms with Gasteiger partial charge in [0.25, 0.3) is 5.91 Å². The number of hydrogen-bond donors (Lipinski definition) is 3. The van der Waals surface area contributed by atoms with E-state index >= 15 is 0 Å². The zero-order valence-corrected chi connectivity index (χ0v) is 19.9. The molecule has 1 fully saturated rings. The molecule has 1 aliphatic carbocycles. The van der Waals surface area contributed by atoms with E-state index in [0.717, 1.165) is 35.5 Å². The van der Waals surface area contributed by atoms with E-state index in [-0.39, 0.29) is 36.0 Å². The maximum absolute atomic E-state index is 12.7. The van der Waals surface area contributed by atoms with Gasteiger partial charge in [-0.05, 0) is 32.8 Å². The summed E-state index contributed by atoms with van der Waals surface area (Å²) in [6.45, 7) is 4.07. The summed E-state index contributed by atoms with van der Waals surface area (Å²) in [6.07, 6.45) is 3.37. The van der Waals surface area contributed by atoms with Gasteiger partial charge in [0.2, 0.25) is 5.91 Å². The molecule has 1 saturated carbocycles. The van der Waals surface area contributed by atoms with Crippen LogP contribution >= 0.6 is 0 Å². The Bertz CT molecular complexity index is 1300. The van der Waals surface area contributed by atoms with E-state index in [1.165, 1.54) is 0 Å². The van der Waals surface area contributed by atoms with Crippen LogP contribution in [-0.4, -0.2) is 55.6 Å². The van der Waals surface area contributed by atoms with Crippen molar-refractivity contribution in [2.75, 3.05) is 29.2 Å². The molecule has 13 heteroatoms. The number of pyridine rings is 1. The second-order valence-corrected chi connectivity index (χ2v) is 8.51. The van der Waals surface area contributed by atoms with Gasteiger partial charge in [-0.3, -0.25) is 14.4 Å².